The van der Waals surface area contributed by atoms with E-state index in [4.69, 9.17) is 4.74 Å². The molecule has 0 radical (unpaired) electrons. The van der Waals surface area contributed by atoms with Gasteiger partial charge in [0.15, 0.2) is 0 Å². The second-order valence-electron chi connectivity index (χ2n) is 9.33. The second kappa shape index (κ2) is 11.1. The first-order chi connectivity index (χ1) is 15.7. The first-order valence-corrected chi connectivity index (χ1v) is 12.2. The van der Waals surface area contributed by atoms with E-state index in [1.165, 1.54) is 12.0 Å². The molecule has 4 rings (SSSR count). The van der Waals surface area contributed by atoms with Crippen molar-refractivity contribution in [3.63, 3.8) is 0 Å². The second-order valence-corrected chi connectivity index (χ2v) is 9.33. The average molecular weight is 435 g/mol. The minimum absolute atomic E-state index is 0.693. The number of methoxy groups -OCH3 is 1. The van der Waals surface area contributed by atoms with E-state index < -0.39 is 5.60 Å². The van der Waals surface area contributed by atoms with E-state index in [0.717, 1.165) is 88.3 Å². The summed E-state index contributed by atoms with van der Waals surface area (Å²) in [6.07, 6.45) is 8.45. The third kappa shape index (κ3) is 6.00. The minimum Gasteiger partial charge on any atom is -0.497 e. The van der Waals surface area contributed by atoms with Crippen LogP contribution in [0.5, 0.6) is 5.75 Å². The zero-order valence-electron chi connectivity index (χ0n) is 19.5. The van der Waals surface area contributed by atoms with Crippen LogP contribution in [-0.2, 0) is 6.54 Å². The first-order valence-electron chi connectivity index (χ1n) is 12.2. The molecule has 0 unspecified atom stereocenters. The molecule has 0 atom stereocenters. The topological polar surface area (TPSA) is 35.9 Å². The molecule has 1 saturated heterocycles. The van der Waals surface area contributed by atoms with Crippen molar-refractivity contribution in [2.45, 2.75) is 50.7 Å². The molecule has 1 saturated carbocycles. The predicted molar refractivity (Wildman–Crippen MR) is 132 cm³/mol. The van der Waals surface area contributed by atoms with Gasteiger partial charge in [-0.15, -0.1) is 0 Å². The molecule has 1 aliphatic carbocycles. The molecule has 0 aromatic heterocycles. The SMILES string of the molecule is COc1ccc(/C(=C\CCN2CCN(Cc3ccccc3)CC2)C2(O)CCCCC2)cc1. The van der Waals surface area contributed by atoms with Gasteiger partial charge in [-0.3, -0.25) is 4.90 Å². The summed E-state index contributed by atoms with van der Waals surface area (Å²) in [5, 5.41) is 11.5. The van der Waals surface area contributed by atoms with Crippen molar-refractivity contribution < 1.29 is 9.84 Å². The summed E-state index contributed by atoms with van der Waals surface area (Å²) in [5.74, 6) is 0.858. The lowest BCUT2D eigenvalue weighted by Gasteiger charge is -2.36. The highest BCUT2D eigenvalue weighted by atomic mass is 16.5. The number of hydrogen-bond donors (Lipinski definition) is 1. The van der Waals surface area contributed by atoms with E-state index in [0.29, 0.717) is 0 Å². The van der Waals surface area contributed by atoms with E-state index in [9.17, 15) is 5.11 Å². The molecule has 2 aromatic rings. The molecule has 4 heteroatoms. The number of hydrogen-bond acceptors (Lipinski definition) is 4. The van der Waals surface area contributed by atoms with E-state index >= 15 is 0 Å². The Balaban J connectivity index is 1.35. The Kier molecular flexibility index (Phi) is 8.01. The Morgan fingerprint density at radius 1 is 0.906 bits per heavy atom. The lowest BCUT2D eigenvalue weighted by atomic mass is 9.76. The van der Waals surface area contributed by atoms with Gasteiger partial charge in [-0.1, -0.05) is 67.8 Å². The van der Waals surface area contributed by atoms with E-state index in [2.05, 4.69) is 58.3 Å². The van der Waals surface area contributed by atoms with Gasteiger partial charge in [-0.25, -0.2) is 0 Å². The molecular weight excluding hydrogens is 396 g/mol. The van der Waals surface area contributed by atoms with Crippen molar-refractivity contribution in [3.05, 3.63) is 71.8 Å². The van der Waals surface area contributed by atoms with Gasteiger partial charge in [0.05, 0.1) is 12.7 Å². The summed E-state index contributed by atoms with van der Waals surface area (Å²) in [6.45, 7) is 6.56. The normalized spacial score (nSPS) is 20.2. The minimum atomic E-state index is -0.693. The zero-order valence-corrected chi connectivity index (χ0v) is 19.5. The Bertz CT molecular complexity index is 849. The van der Waals surface area contributed by atoms with Crippen LogP contribution in [0.25, 0.3) is 5.57 Å². The number of aliphatic hydroxyl groups is 1. The van der Waals surface area contributed by atoms with Crippen LogP contribution in [0.4, 0.5) is 0 Å². The van der Waals surface area contributed by atoms with Crippen LogP contribution in [0.15, 0.2) is 60.7 Å². The molecule has 2 aromatic carbocycles. The molecule has 4 nitrogen and oxygen atoms in total. The van der Waals surface area contributed by atoms with Crippen molar-refractivity contribution in [2.24, 2.45) is 0 Å². The molecule has 172 valence electrons. The van der Waals surface area contributed by atoms with Crippen molar-refractivity contribution in [3.8, 4) is 5.75 Å². The highest BCUT2D eigenvalue weighted by Gasteiger charge is 2.33. The van der Waals surface area contributed by atoms with Gasteiger partial charge in [0.25, 0.3) is 0 Å². The maximum atomic E-state index is 11.5. The third-order valence-corrected chi connectivity index (χ3v) is 7.09. The van der Waals surface area contributed by atoms with Gasteiger partial charge in [0.1, 0.15) is 5.75 Å². The quantitative estimate of drug-likeness (QED) is 0.636. The molecule has 2 aliphatic rings. The van der Waals surface area contributed by atoms with Crippen LogP contribution >= 0.6 is 0 Å². The smallest absolute Gasteiger partial charge is 0.118 e. The Morgan fingerprint density at radius 2 is 1.56 bits per heavy atom. The molecule has 0 bridgehead atoms. The Hall–Kier alpha value is -2.14. The molecule has 2 fully saturated rings. The van der Waals surface area contributed by atoms with Crippen molar-refractivity contribution >= 4 is 5.57 Å². The van der Waals surface area contributed by atoms with Crippen molar-refractivity contribution in [2.75, 3.05) is 39.8 Å². The van der Waals surface area contributed by atoms with Crippen molar-refractivity contribution in [1.29, 1.82) is 0 Å². The predicted octanol–water partition coefficient (Wildman–Crippen LogP) is 4.98. The maximum absolute atomic E-state index is 11.5. The summed E-state index contributed by atoms with van der Waals surface area (Å²) in [6, 6.07) is 19.0. The summed E-state index contributed by atoms with van der Waals surface area (Å²) in [5.41, 5.74) is 2.94. The lowest BCUT2D eigenvalue weighted by molar-refractivity contribution is 0.0611. The molecule has 0 amide bonds. The van der Waals surface area contributed by atoms with Gasteiger partial charge in [-0.2, -0.15) is 0 Å². The van der Waals surface area contributed by atoms with E-state index in [-0.39, 0.29) is 0 Å². The van der Waals surface area contributed by atoms with Gasteiger partial charge in [0.2, 0.25) is 0 Å². The lowest BCUT2D eigenvalue weighted by Crippen LogP contribution is -2.46. The fraction of sp³-hybridized carbons (Fsp3) is 0.500. The number of nitrogens with zero attached hydrogens (tertiary/aromatic N) is 2. The zero-order chi connectivity index (χ0) is 22.2. The standard InChI is InChI=1S/C28H38N2O2/c1-32-26-14-12-25(13-15-26)27(28(31)16-6-3-7-17-28)11-8-18-29-19-21-30(22-20-29)23-24-9-4-2-5-10-24/h2,4-5,9-15,31H,3,6-8,16-23H2,1H3/b27-11+. The van der Waals surface area contributed by atoms with Crippen LogP contribution in [0.2, 0.25) is 0 Å². The molecule has 1 heterocycles. The van der Waals surface area contributed by atoms with Crippen LogP contribution in [0.1, 0.15) is 49.7 Å². The van der Waals surface area contributed by atoms with E-state index in [1.54, 1.807) is 7.11 Å². The molecular formula is C28H38N2O2. The first kappa shape index (κ1) is 23.0. The Morgan fingerprint density at radius 3 is 2.22 bits per heavy atom. The van der Waals surface area contributed by atoms with Crippen molar-refractivity contribution in [1.82, 2.24) is 9.80 Å². The van der Waals surface area contributed by atoms with E-state index in [1.807, 2.05) is 12.1 Å². The van der Waals surface area contributed by atoms with Crippen LogP contribution in [0, 0.1) is 0 Å². The summed E-state index contributed by atoms with van der Waals surface area (Å²) in [7, 11) is 1.69. The van der Waals surface area contributed by atoms with Crippen LogP contribution in [-0.4, -0.2) is 60.3 Å². The number of ether oxygens (including phenoxy) is 1. The van der Waals surface area contributed by atoms with Gasteiger partial charge >= 0.3 is 0 Å². The van der Waals surface area contributed by atoms with Gasteiger partial charge < -0.3 is 14.7 Å². The summed E-state index contributed by atoms with van der Waals surface area (Å²) >= 11 is 0. The summed E-state index contributed by atoms with van der Waals surface area (Å²) < 4.78 is 5.33. The van der Waals surface area contributed by atoms with Gasteiger partial charge in [0, 0.05) is 39.3 Å². The number of benzene rings is 2. The maximum Gasteiger partial charge on any atom is 0.118 e. The molecule has 32 heavy (non-hydrogen) atoms. The molecule has 0 spiro atoms. The summed E-state index contributed by atoms with van der Waals surface area (Å²) in [4.78, 5) is 5.11. The largest absolute Gasteiger partial charge is 0.497 e. The fourth-order valence-electron chi connectivity index (χ4n) is 5.16. The number of rotatable bonds is 8. The fourth-order valence-corrected chi connectivity index (χ4v) is 5.16. The molecule has 1 aliphatic heterocycles. The monoisotopic (exact) mass is 434 g/mol. The van der Waals surface area contributed by atoms with Gasteiger partial charge in [-0.05, 0) is 48.1 Å². The number of piperazine rings is 1. The average Bonchev–Trinajstić information content (AvgIpc) is 2.84. The van der Waals surface area contributed by atoms with Crippen LogP contribution in [0.3, 0.4) is 0 Å². The highest BCUT2D eigenvalue weighted by Crippen LogP contribution is 2.40. The van der Waals surface area contributed by atoms with Crippen LogP contribution < -0.4 is 4.74 Å². The molecule has 1 N–H and O–H groups in total. The third-order valence-electron chi connectivity index (χ3n) is 7.09. The highest BCUT2D eigenvalue weighted by molar-refractivity contribution is 5.72. The Labute approximate surface area is 193 Å².